The SMILES string of the molecule is CCn1cc(C(=O)Nc2cc(F)c(Oc3ccnc4cc(OCCOC)c5c(c34)OCCO5)cc2C)c(=O)n(-c2ccc(F)cc2)c1=O. The van der Waals surface area contributed by atoms with Gasteiger partial charge in [-0.15, -0.1) is 0 Å². The van der Waals surface area contributed by atoms with E-state index in [1.807, 2.05) is 0 Å². The van der Waals surface area contributed by atoms with E-state index in [9.17, 15) is 18.8 Å². The maximum Gasteiger partial charge on any atom is 0.335 e. The van der Waals surface area contributed by atoms with Crippen molar-refractivity contribution < 1.29 is 37.3 Å². The molecule has 0 unspecified atom stereocenters. The Morgan fingerprint density at radius 3 is 2.46 bits per heavy atom. The molecule has 0 bridgehead atoms. The number of ether oxygens (including phenoxy) is 5. The minimum atomic E-state index is -0.918. The molecule has 1 amide bonds. The monoisotopic (exact) mass is 660 g/mol. The molecule has 2 aromatic heterocycles. The molecule has 1 aliphatic rings. The number of rotatable bonds is 10. The van der Waals surface area contributed by atoms with E-state index in [0.717, 1.165) is 29.0 Å². The maximum absolute atomic E-state index is 15.6. The molecule has 248 valence electrons. The van der Waals surface area contributed by atoms with Crippen LogP contribution in [-0.2, 0) is 11.3 Å². The van der Waals surface area contributed by atoms with Crippen LogP contribution in [0.3, 0.4) is 0 Å². The van der Waals surface area contributed by atoms with Crippen LogP contribution < -0.4 is 35.5 Å². The molecule has 3 aromatic carbocycles. The zero-order valence-electron chi connectivity index (χ0n) is 26.2. The van der Waals surface area contributed by atoms with Gasteiger partial charge in [-0.25, -0.2) is 18.1 Å². The van der Waals surface area contributed by atoms with Crippen LogP contribution in [0.5, 0.6) is 28.7 Å². The smallest absolute Gasteiger partial charge is 0.335 e. The van der Waals surface area contributed by atoms with E-state index < -0.39 is 28.8 Å². The Morgan fingerprint density at radius 1 is 0.979 bits per heavy atom. The lowest BCUT2D eigenvalue weighted by Gasteiger charge is -2.23. The molecule has 1 aliphatic heterocycles. The van der Waals surface area contributed by atoms with Gasteiger partial charge in [0.05, 0.1) is 23.2 Å². The van der Waals surface area contributed by atoms with Crippen molar-refractivity contribution in [2.45, 2.75) is 20.4 Å². The van der Waals surface area contributed by atoms with Crippen LogP contribution in [0.15, 0.2) is 70.5 Å². The Labute approximate surface area is 272 Å². The van der Waals surface area contributed by atoms with E-state index >= 15 is 4.39 Å². The second-order valence-corrected chi connectivity index (χ2v) is 10.7. The highest BCUT2D eigenvalue weighted by molar-refractivity contribution is 6.04. The minimum absolute atomic E-state index is 0.0679. The third-order valence-corrected chi connectivity index (χ3v) is 7.56. The minimum Gasteiger partial charge on any atom is -0.487 e. The number of pyridine rings is 1. The van der Waals surface area contributed by atoms with Crippen LogP contribution in [-0.4, -0.2) is 53.6 Å². The molecule has 5 aromatic rings. The molecule has 0 radical (unpaired) electrons. The van der Waals surface area contributed by atoms with Gasteiger partial charge in [0.2, 0.25) is 5.75 Å². The lowest BCUT2D eigenvalue weighted by Crippen LogP contribution is -2.42. The van der Waals surface area contributed by atoms with Crippen molar-refractivity contribution >= 4 is 22.5 Å². The van der Waals surface area contributed by atoms with Crippen molar-refractivity contribution in [2.75, 3.05) is 38.9 Å². The molecular formula is C34H30F2N4O8. The highest BCUT2D eigenvalue weighted by atomic mass is 19.1. The Morgan fingerprint density at radius 2 is 1.73 bits per heavy atom. The number of carbonyl (C=O) groups excluding carboxylic acids is 1. The quantitative estimate of drug-likeness (QED) is 0.206. The number of fused-ring (bicyclic) bond motifs is 3. The number of anilines is 1. The first-order chi connectivity index (χ1) is 23.2. The van der Waals surface area contributed by atoms with Crippen LogP contribution in [0.2, 0.25) is 0 Å². The second kappa shape index (κ2) is 13.5. The third kappa shape index (κ3) is 6.17. The Bertz CT molecular complexity index is 2150. The normalized spacial score (nSPS) is 12.2. The summed E-state index contributed by atoms with van der Waals surface area (Å²) in [5.74, 6) is -1.03. The molecular weight excluding hydrogens is 630 g/mol. The van der Waals surface area contributed by atoms with Crippen LogP contribution in [0.1, 0.15) is 22.8 Å². The summed E-state index contributed by atoms with van der Waals surface area (Å²) in [6, 6.07) is 10.4. The topological polar surface area (TPSA) is 132 Å². The molecule has 1 N–H and O–H groups in total. The number of nitrogens with zero attached hydrogens (tertiary/aromatic N) is 3. The summed E-state index contributed by atoms with van der Waals surface area (Å²) < 4.78 is 59.8. The van der Waals surface area contributed by atoms with Crippen LogP contribution in [0.25, 0.3) is 16.6 Å². The van der Waals surface area contributed by atoms with Gasteiger partial charge in [-0.1, -0.05) is 0 Å². The first kappa shape index (κ1) is 32.2. The van der Waals surface area contributed by atoms with Gasteiger partial charge in [0.25, 0.3) is 11.5 Å². The predicted octanol–water partition coefficient (Wildman–Crippen LogP) is 4.99. The van der Waals surface area contributed by atoms with Crippen molar-refractivity contribution in [3.63, 3.8) is 0 Å². The number of amides is 1. The van der Waals surface area contributed by atoms with Crippen molar-refractivity contribution in [1.82, 2.24) is 14.1 Å². The summed E-state index contributed by atoms with van der Waals surface area (Å²) in [4.78, 5) is 44.1. The fourth-order valence-electron chi connectivity index (χ4n) is 5.18. The molecule has 14 heteroatoms. The van der Waals surface area contributed by atoms with E-state index in [4.69, 9.17) is 23.7 Å². The molecule has 48 heavy (non-hydrogen) atoms. The predicted molar refractivity (Wildman–Crippen MR) is 171 cm³/mol. The highest BCUT2D eigenvalue weighted by Gasteiger charge is 2.26. The van der Waals surface area contributed by atoms with Gasteiger partial charge in [0.15, 0.2) is 23.1 Å². The number of benzene rings is 3. The molecule has 6 rings (SSSR count). The van der Waals surface area contributed by atoms with E-state index in [1.54, 1.807) is 33.1 Å². The van der Waals surface area contributed by atoms with Crippen molar-refractivity contribution in [2.24, 2.45) is 0 Å². The van der Waals surface area contributed by atoms with E-state index in [-0.39, 0.29) is 48.2 Å². The Balaban J connectivity index is 1.31. The number of halogens is 2. The summed E-state index contributed by atoms with van der Waals surface area (Å²) in [6.07, 6.45) is 2.64. The van der Waals surface area contributed by atoms with E-state index in [2.05, 4.69) is 10.3 Å². The van der Waals surface area contributed by atoms with Gasteiger partial charge in [-0.05, 0) is 55.8 Å². The standard InChI is InChI=1S/C34H30F2N4O8/c1-4-39-18-22(33(42)40(34(39)43)21-7-5-20(35)6-8-21)32(41)38-24-16-23(36)27(15-19(24)2)48-26-9-10-37-25-17-28(45-12-11-44-3)30-31(29(25)26)47-14-13-46-30/h5-10,15-18H,4,11-14H2,1-3H3,(H,38,41). The molecule has 0 atom stereocenters. The van der Waals surface area contributed by atoms with Crippen molar-refractivity contribution in [3.8, 4) is 34.4 Å². The van der Waals surface area contributed by atoms with Gasteiger partial charge in [-0.2, -0.15) is 0 Å². The van der Waals surface area contributed by atoms with Gasteiger partial charge >= 0.3 is 5.69 Å². The van der Waals surface area contributed by atoms with E-state index in [1.165, 1.54) is 29.0 Å². The van der Waals surface area contributed by atoms with Gasteiger partial charge in [-0.3, -0.25) is 19.1 Å². The summed E-state index contributed by atoms with van der Waals surface area (Å²) in [5, 5.41) is 3.01. The molecule has 0 spiro atoms. The average Bonchev–Trinajstić information content (AvgIpc) is 3.08. The summed E-state index contributed by atoms with van der Waals surface area (Å²) in [5.41, 5.74) is -0.964. The number of carbonyl (C=O) groups is 1. The first-order valence-corrected chi connectivity index (χ1v) is 14.9. The van der Waals surface area contributed by atoms with E-state index in [0.29, 0.717) is 46.9 Å². The maximum atomic E-state index is 15.6. The van der Waals surface area contributed by atoms with Gasteiger partial charge < -0.3 is 29.0 Å². The highest BCUT2D eigenvalue weighted by Crippen LogP contribution is 2.48. The van der Waals surface area contributed by atoms with Crippen LogP contribution in [0, 0.1) is 18.6 Å². The molecule has 3 heterocycles. The number of hydrogen-bond donors (Lipinski definition) is 1. The lowest BCUT2D eigenvalue weighted by atomic mass is 10.1. The molecule has 0 aliphatic carbocycles. The molecule has 0 saturated heterocycles. The number of methoxy groups -OCH3 is 1. The zero-order chi connectivity index (χ0) is 33.9. The largest absolute Gasteiger partial charge is 0.487 e. The van der Waals surface area contributed by atoms with Gasteiger partial charge in [0, 0.05) is 43.9 Å². The van der Waals surface area contributed by atoms with Crippen LogP contribution >= 0.6 is 0 Å². The molecule has 0 fully saturated rings. The fourth-order valence-corrected chi connectivity index (χ4v) is 5.18. The average molecular weight is 661 g/mol. The second-order valence-electron chi connectivity index (χ2n) is 10.7. The Kier molecular flexibility index (Phi) is 9.08. The summed E-state index contributed by atoms with van der Waals surface area (Å²) >= 11 is 0. The lowest BCUT2D eigenvalue weighted by molar-refractivity contribution is 0.102. The summed E-state index contributed by atoms with van der Waals surface area (Å²) in [7, 11) is 1.56. The summed E-state index contributed by atoms with van der Waals surface area (Å²) in [6.45, 7) is 4.64. The zero-order valence-corrected chi connectivity index (χ0v) is 26.2. The van der Waals surface area contributed by atoms with Gasteiger partial charge in [0.1, 0.15) is 37.0 Å². The number of hydrogen-bond acceptors (Lipinski definition) is 9. The number of aromatic nitrogens is 3. The van der Waals surface area contributed by atoms with Crippen molar-refractivity contribution in [1.29, 1.82) is 0 Å². The number of nitrogens with one attached hydrogen (secondary N) is 1. The molecule has 12 nitrogen and oxygen atoms in total. The first-order valence-electron chi connectivity index (χ1n) is 14.9. The molecule has 0 saturated carbocycles. The Hall–Kier alpha value is -5.76. The third-order valence-electron chi connectivity index (χ3n) is 7.56. The van der Waals surface area contributed by atoms with Crippen LogP contribution in [0.4, 0.5) is 14.5 Å². The van der Waals surface area contributed by atoms with Crippen molar-refractivity contribution in [3.05, 3.63) is 105 Å². The number of aryl methyl sites for hydroxylation is 2. The fraction of sp³-hybridized carbons (Fsp3) is 0.235.